The molecule has 1 aliphatic carbocycles. The summed E-state index contributed by atoms with van der Waals surface area (Å²) >= 11 is 0. The zero-order chi connectivity index (χ0) is 14.2. The summed E-state index contributed by atoms with van der Waals surface area (Å²) in [6, 6.07) is -0.0496. The van der Waals surface area contributed by atoms with Crippen LogP contribution in [0.25, 0.3) is 0 Å². The molecule has 1 amide bonds. The van der Waals surface area contributed by atoms with Crippen molar-refractivity contribution in [2.24, 2.45) is 23.0 Å². The predicted octanol–water partition coefficient (Wildman–Crippen LogP) is 1.07. The van der Waals surface area contributed by atoms with Crippen molar-refractivity contribution in [1.82, 2.24) is 4.90 Å². The van der Waals surface area contributed by atoms with Gasteiger partial charge in [-0.2, -0.15) is 0 Å². The predicted molar refractivity (Wildman–Crippen MR) is 71.4 cm³/mol. The average Bonchev–Trinajstić information content (AvgIpc) is 3.06. The summed E-state index contributed by atoms with van der Waals surface area (Å²) in [5.41, 5.74) is 5.19. The molecule has 108 valence electrons. The van der Waals surface area contributed by atoms with Crippen LogP contribution in [0, 0.1) is 17.3 Å². The zero-order valence-electron chi connectivity index (χ0n) is 11.8. The van der Waals surface area contributed by atoms with Crippen LogP contribution in [0.3, 0.4) is 0 Å². The molecular formula is C14H24N2O3. The van der Waals surface area contributed by atoms with Crippen molar-refractivity contribution in [3.63, 3.8) is 0 Å². The lowest BCUT2D eigenvalue weighted by atomic mass is 9.76. The van der Waals surface area contributed by atoms with Gasteiger partial charge in [0.15, 0.2) is 0 Å². The van der Waals surface area contributed by atoms with Crippen molar-refractivity contribution in [3.8, 4) is 0 Å². The summed E-state index contributed by atoms with van der Waals surface area (Å²) in [4.78, 5) is 25.4. The van der Waals surface area contributed by atoms with Crippen molar-refractivity contribution < 1.29 is 14.7 Å². The maximum Gasteiger partial charge on any atom is 0.311 e. The molecule has 2 aliphatic rings. The van der Waals surface area contributed by atoms with E-state index in [1.807, 2.05) is 13.8 Å². The molecule has 2 rings (SSSR count). The van der Waals surface area contributed by atoms with Crippen LogP contribution in [-0.4, -0.2) is 41.0 Å². The molecule has 1 saturated heterocycles. The summed E-state index contributed by atoms with van der Waals surface area (Å²) in [7, 11) is 0. The third-order valence-electron chi connectivity index (χ3n) is 4.82. The van der Waals surface area contributed by atoms with Crippen LogP contribution in [0.1, 0.15) is 39.5 Å². The Morgan fingerprint density at radius 1 is 1.42 bits per heavy atom. The maximum absolute atomic E-state index is 12.2. The molecule has 2 atom stereocenters. The number of hydrogen-bond acceptors (Lipinski definition) is 3. The quantitative estimate of drug-likeness (QED) is 0.781. The molecule has 0 aromatic carbocycles. The standard InChI is InChI=1S/C14H24N2O3/c1-9(2)14(13(18)19)5-6-16(8-14)12(17)7-11(15)10-3-4-10/h9-11H,3-8,15H2,1-2H3,(H,18,19). The van der Waals surface area contributed by atoms with E-state index in [2.05, 4.69) is 0 Å². The van der Waals surface area contributed by atoms with Crippen LogP contribution in [-0.2, 0) is 9.59 Å². The number of carbonyl (C=O) groups is 2. The van der Waals surface area contributed by atoms with Gasteiger partial charge in [-0.1, -0.05) is 13.8 Å². The van der Waals surface area contributed by atoms with Gasteiger partial charge < -0.3 is 15.7 Å². The second-order valence-electron chi connectivity index (χ2n) is 6.39. The van der Waals surface area contributed by atoms with Crippen LogP contribution in [0.2, 0.25) is 0 Å². The highest BCUT2D eigenvalue weighted by atomic mass is 16.4. The topological polar surface area (TPSA) is 83.6 Å². The molecule has 5 nitrogen and oxygen atoms in total. The molecule has 3 N–H and O–H groups in total. The van der Waals surface area contributed by atoms with E-state index in [0.717, 1.165) is 12.8 Å². The van der Waals surface area contributed by atoms with E-state index >= 15 is 0 Å². The first-order valence-corrected chi connectivity index (χ1v) is 7.13. The lowest BCUT2D eigenvalue weighted by Gasteiger charge is -2.29. The monoisotopic (exact) mass is 268 g/mol. The van der Waals surface area contributed by atoms with Gasteiger partial charge in [-0.15, -0.1) is 0 Å². The van der Waals surface area contributed by atoms with Crippen molar-refractivity contribution >= 4 is 11.9 Å². The van der Waals surface area contributed by atoms with Crippen LogP contribution in [0.15, 0.2) is 0 Å². The highest BCUT2D eigenvalue weighted by Crippen LogP contribution is 2.39. The number of carboxylic acid groups (broad SMARTS) is 1. The van der Waals surface area contributed by atoms with Crippen LogP contribution >= 0.6 is 0 Å². The Kier molecular flexibility index (Phi) is 3.85. The number of carbonyl (C=O) groups excluding carboxylic acids is 1. The first-order valence-electron chi connectivity index (χ1n) is 7.13. The van der Waals surface area contributed by atoms with Crippen molar-refractivity contribution in [1.29, 1.82) is 0 Å². The number of nitrogens with two attached hydrogens (primary N) is 1. The first kappa shape index (κ1) is 14.3. The fourth-order valence-electron chi connectivity index (χ4n) is 2.96. The van der Waals surface area contributed by atoms with E-state index in [9.17, 15) is 14.7 Å². The molecule has 0 spiro atoms. The Labute approximate surface area is 114 Å². The minimum Gasteiger partial charge on any atom is -0.481 e. The maximum atomic E-state index is 12.2. The summed E-state index contributed by atoms with van der Waals surface area (Å²) < 4.78 is 0. The number of carboxylic acids is 1. The minimum absolute atomic E-state index is 0.0168. The minimum atomic E-state index is -0.788. The molecule has 1 aliphatic heterocycles. The van der Waals surface area contributed by atoms with Gasteiger partial charge in [-0.3, -0.25) is 9.59 Å². The number of aliphatic carboxylic acids is 1. The molecule has 0 aromatic heterocycles. The Morgan fingerprint density at radius 3 is 2.47 bits per heavy atom. The summed E-state index contributed by atoms with van der Waals surface area (Å²) in [6.07, 6.45) is 3.15. The second kappa shape index (κ2) is 5.12. The summed E-state index contributed by atoms with van der Waals surface area (Å²) in [5.74, 6) is -0.242. The fourth-order valence-corrected chi connectivity index (χ4v) is 2.96. The average molecular weight is 268 g/mol. The van der Waals surface area contributed by atoms with Crippen molar-refractivity contribution in [3.05, 3.63) is 0 Å². The summed E-state index contributed by atoms with van der Waals surface area (Å²) in [6.45, 7) is 4.70. The molecule has 0 radical (unpaired) electrons. The SMILES string of the molecule is CC(C)C1(C(=O)O)CCN(C(=O)CC(N)C2CC2)C1. The largest absolute Gasteiger partial charge is 0.481 e. The molecule has 19 heavy (non-hydrogen) atoms. The van der Waals surface area contributed by atoms with Gasteiger partial charge in [0.2, 0.25) is 5.91 Å². The van der Waals surface area contributed by atoms with E-state index in [1.54, 1.807) is 4.90 Å². The Morgan fingerprint density at radius 2 is 2.05 bits per heavy atom. The van der Waals surface area contributed by atoms with Gasteiger partial charge in [0.25, 0.3) is 0 Å². The molecule has 5 heteroatoms. The number of amides is 1. The van der Waals surface area contributed by atoms with E-state index in [4.69, 9.17) is 5.73 Å². The van der Waals surface area contributed by atoms with Gasteiger partial charge in [0.1, 0.15) is 0 Å². The molecule has 1 saturated carbocycles. The molecule has 1 heterocycles. The number of nitrogens with zero attached hydrogens (tertiary/aromatic N) is 1. The molecule has 2 fully saturated rings. The normalized spacial score (nSPS) is 28.7. The van der Waals surface area contributed by atoms with Crippen molar-refractivity contribution in [2.45, 2.75) is 45.6 Å². The van der Waals surface area contributed by atoms with Crippen LogP contribution in [0.5, 0.6) is 0 Å². The second-order valence-corrected chi connectivity index (χ2v) is 6.39. The molecule has 2 unspecified atom stereocenters. The van der Waals surface area contributed by atoms with Gasteiger partial charge >= 0.3 is 5.97 Å². The van der Waals surface area contributed by atoms with E-state index in [1.165, 1.54) is 0 Å². The van der Waals surface area contributed by atoms with Gasteiger partial charge in [0.05, 0.1) is 5.41 Å². The number of hydrogen-bond donors (Lipinski definition) is 2. The molecule has 0 bridgehead atoms. The van der Waals surface area contributed by atoms with Crippen LogP contribution in [0.4, 0.5) is 0 Å². The lowest BCUT2D eigenvalue weighted by Crippen LogP contribution is -2.41. The van der Waals surface area contributed by atoms with Crippen LogP contribution < -0.4 is 5.73 Å². The Hall–Kier alpha value is -1.10. The van der Waals surface area contributed by atoms with Gasteiger partial charge in [-0.05, 0) is 31.1 Å². The highest BCUT2D eigenvalue weighted by molar-refractivity contribution is 5.81. The Balaban J connectivity index is 1.96. The van der Waals surface area contributed by atoms with Gasteiger partial charge in [-0.25, -0.2) is 0 Å². The highest BCUT2D eigenvalue weighted by Gasteiger charge is 2.48. The summed E-state index contributed by atoms with van der Waals surface area (Å²) in [5, 5.41) is 9.45. The van der Waals surface area contributed by atoms with E-state index in [-0.39, 0.29) is 17.9 Å². The molecular weight excluding hydrogens is 244 g/mol. The zero-order valence-corrected chi connectivity index (χ0v) is 11.8. The van der Waals surface area contributed by atoms with E-state index in [0.29, 0.717) is 31.8 Å². The van der Waals surface area contributed by atoms with Crippen molar-refractivity contribution in [2.75, 3.05) is 13.1 Å². The third-order valence-corrected chi connectivity index (χ3v) is 4.82. The number of likely N-dealkylation sites (tertiary alicyclic amines) is 1. The lowest BCUT2D eigenvalue weighted by molar-refractivity contribution is -0.151. The Bertz CT molecular complexity index is 379. The fraction of sp³-hybridized carbons (Fsp3) is 0.857. The van der Waals surface area contributed by atoms with E-state index < -0.39 is 11.4 Å². The van der Waals surface area contributed by atoms with Gasteiger partial charge in [0, 0.05) is 25.6 Å². The third kappa shape index (κ3) is 2.76. The molecule has 0 aromatic rings. The smallest absolute Gasteiger partial charge is 0.311 e. The number of rotatable bonds is 5. The first-order chi connectivity index (χ1) is 8.86.